The molecule has 69 heavy (non-hydrogen) atoms. The summed E-state index contributed by atoms with van der Waals surface area (Å²) in [6, 6.07) is 81.0. The Hall–Kier alpha value is -8.97. The largest absolute Gasteiger partial charge is 0.309 e. The first-order valence-corrected chi connectivity index (χ1v) is 24.2. The van der Waals surface area contributed by atoms with Crippen molar-refractivity contribution in [1.82, 2.24) is 24.1 Å². The van der Waals surface area contributed by atoms with Gasteiger partial charge in [0.2, 0.25) is 0 Å². The Morgan fingerprint density at radius 1 is 0.290 bits per heavy atom. The molecule has 0 aliphatic carbocycles. The van der Waals surface area contributed by atoms with Crippen molar-refractivity contribution in [3.63, 3.8) is 0 Å². The van der Waals surface area contributed by atoms with Crippen molar-refractivity contribution in [2.24, 2.45) is 0 Å². The summed E-state index contributed by atoms with van der Waals surface area (Å²) < 4.78 is 7.18. The normalized spacial score (nSPS) is 12.1. The van der Waals surface area contributed by atoms with Gasteiger partial charge in [-0.3, -0.25) is 0 Å². The van der Waals surface area contributed by atoms with Crippen molar-refractivity contribution >= 4 is 107 Å². The van der Waals surface area contributed by atoms with Crippen LogP contribution in [0, 0.1) is 0 Å². The van der Waals surface area contributed by atoms with E-state index in [1.807, 2.05) is 11.3 Å². The molecule has 0 saturated heterocycles. The van der Waals surface area contributed by atoms with E-state index < -0.39 is 0 Å². The SMILES string of the molecule is c1ccc(-n2c3ccccc3c3c(-c4nc(-c5ccc6ccccc6c5)nc(-c5cc(-n6c7ccccc7c7cc8ccccc8cc76)cc6sc7cc8ccccc8cc7c56)n4)cccc32)cc1. The van der Waals surface area contributed by atoms with Crippen molar-refractivity contribution in [3.8, 4) is 45.5 Å². The quantitative estimate of drug-likeness (QED) is 0.173. The van der Waals surface area contributed by atoms with Gasteiger partial charge in [0, 0.05) is 69.8 Å². The fraction of sp³-hybridized carbons (Fsp3) is 0. The van der Waals surface area contributed by atoms with E-state index in [9.17, 15) is 0 Å². The highest BCUT2D eigenvalue weighted by Gasteiger charge is 2.24. The van der Waals surface area contributed by atoms with Crippen LogP contribution in [0.4, 0.5) is 0 Å². The smallest absolute Gasteiger partial charge is 0.164 e. The van der Waals surface area contributed by atoms with Crippen LogP contribution < -0.4 is 0 Å². The highest BCUT2D eigenvalue weighted by molar-refractivity contribution is 7.26. The molecule has 0 radical (unpaired) electrons. The Balaban J connectivity index is 1.07. The first kappa shape index (κ1) is 38.2. The number of fused-ring (bicyclic) bond motifs is 12. The molecule has 0 aliphatic heterocycles. The van der Waals surface area contributed by atoms with Gasteiger partial charge in [-0.25, -0.2) is 15.0 Å². The number of thiophene rings is 1. The number of nitrogens with zero attached hydrogens (tertiary/aromatic N) is 5. The maximum absolute atomic E-state index is 5.65. The molecule has 0 bridgehead atoms. The minimum atomic E-state index is 0.622. The summed E-state index contributed by atoms with van der Waals surface area (Å²) in [6.07, 6.45) is 0. The minimum absolute atomic E-state index is 0.622. The summed E-state index contributed by atoms with van der Waals surface area (Å²) in [6.45, 7) is 0. The van der Waals surface area contributed by atoms with E-state index in [1.165, 1.54) is 52.5 Å². The van der Waals surface area contributed by atoms with Gasteiger partial charge < -0.3 is 9.13 Å². The van der Waals surface area contributed by atoms with Gasteiger partial charge in [0.25, 0.3) is 0 Å². The van der Waals surface area contributed by atoms with Gasteiger partial charge in [-0.2, -0.15) is 0 Å². The third-order valence-electron chi connectivity index (χ3n) is 14.1. The highest BCUT2D eigenvalue weighted by atomic mass is 32.1. The van der Waals surface area contributed by atoms with E-state index in [1.54, 1.807) is 0 Å². The third kappa shape index (κ3) is 5.86. The van der Waals surface area contributed by atoms with Crippen LogP contribution in [-0.2, 0) is 0 Å². The third-order valence-corrected chi connectivity index (χ3v) is 15.2. The van der Waals surface area contributed by atoms with Gasteiger partial charge >= 0.3 is 0 Å². The van der Waals surface area contributed by atoms with Gasteiger partial charge in [0.1, 0.15) is 0 Å². The van der Waals surface area contributed by atoms with Gasteiger partial charge in [0.15, 0.2) is 17.5 Å². The average Bonchev–Trinajstić information content (AvgIpc) is 4.06. The molecule has 0 amide bonds. The Labute approximate surface area is 399 Å². The molecular formula is C63H37N5S. The lowest BCUT2D eigenvalue weighted by Gasteiger charge is -2.14. The van der Waals surface area contributed by atoms with E-state index in [-0.39, 0.29) is 0 Å². The Morgan fingerprint density at radius 2 is 0.855 bits per heavy atom. The van der Waals surface area contributed by atoms with Crippen molar-refractivity contribution in [3.05, 3.63) is 224 Å². The topological polar surface area (TPSA) is 48.5 Å². The van der Waals surface area contributed by atoms with E-state index in [0.29, 0.717) is 17.5 Å². The lowest BCUT2D eigenvalue weighted by atomic mass is 10.0. The predicted octanol–water partition coefficient (Wildman–Crippen LogP) is 16.9. The monoisotopic (exact) mass is 895 g/mol. The predicted molar refractivity (Wildman–Crippen MR) is 290 cm³/mol. The van der Waals surface area contributed by atoms with E-state index >= 15 is 0 Å². The van der Waals surface area contributed by atoms with Crippen LogP contribution >= 0.6 is 11.3 Å². The summed E-state index contributed by atoms with van der Waals surface area (Å²) in [5.74, 6) is 1.87. The van der Waals surface area contributed by atoms with Crippen LogP contribution in [0.2, 0.25) is 0 Å². The van der Waals surface area contributed by atoms with Gasteiger partial charge in [-0.05, 0) is 105 Å². The van der Waals surface area contributed by atoms with Crippen LogP contribution in [0.3, 0.4) is 0 Å². The van der Waals surface area contributed by atoms with Gasteiger partial charge in [0.05, 0.1) is 22.1 Å². The second-order valence-corrected chi connectivity index (χ2v) is 19.1. The summed E-state index contributed by atoms with van der Waals surface area (Å²) in [5, 5.41) is 14.1. The molecule has 0 unspecified atom stereocenters. The number of hydrogen-bond donors (Lipinski definition) is 0. The van der Waals surface area contributed by atoms with Gasteiger partial charge in [-0.15, -0.1) is 11.3 Å². The molecule has 0 spiro atoms. The molecule has 0 aliphatic rings. The molecule has 4 heterocycles. The standard InChI is InChI=1S/C63H37N5S/c1-2-21-45(22-3-1)67-54-27-13-11-24-48(54)59-49(25-14-28-55(59)67)62-64-61(44-30-29-38-15-4-5-16-39(38)31-44)65-63(66-62)52-36-46(37-58-60(52)51-33-41-18-7-9-20-43(41)35-57(51)69-58)68-53-26-12-10-23-47(53)50-32-40-17-6-8-19-42(40)34-56(50)68/h1-37H. The Morgan fingerprint density at radius 3 is 1.62 bits per heavy atom. The molecule has 320 valence electrons. The molecule has 6 heteroatoms. The maximum atomic E-state index is 5.65. The molecule has 11 aromatic carbocycles. The summed E-state index contributed by atoms with van der Waals surface area (Å²) in [4.78, 5) is 16.7. The van der Waals surface area contributed by atoms with Gasteiger partial charge in [-0.1, -0.05) is 152 Å². The zero-order valence-electron chi connectivity index (χ0n) is 37.0. The fourth-order valence-electron chi connectivity index (χ4n) is 11.0. The average molecular weight is 896 g/mol. The molecule has 0 N–H and O–H groups in total. The van der Waals surface area contributed by atoms with Crippen LogP contribution in [0.5, 0.6) is 0 Å². The van der Waals surface area contributed by atoms with Crippen LogP contribution in [0.25, 0.3) is 142 Å². The van der Waals surface area contributed by atoms with E-state index in [4.69, 9.17) is 15.0 Å². The number of aromatic nitrogens is 5. The number of para-hydroxylation sites is 3. The number of rotatable bonds is 5. The summed E-state index contributed by atoms with van der Waals surface area (Å²) >= 11 is 1.83. The molecular weight excluding hydrogens is 859 g/mol. The second-order valence-electron chi connectivity index (χ2n) is 18.0. The fourth-order valence-corrected chi connectivity index (χ4v) is 12.1. The molecule has 0 fully saturated rings. The second kappa shape index (κ2) is 14.8. The number of benzene rings is 11. The lowest BCUT2D eigenvalue weighted by Crippen LogP contribution is -2.02. The summed E-state index contributed by atoms with van der Waals surface area (Å²) in [7, 11) is 0. The lowest BCUT2D eigenvalue weighted by molar-refractivity contribution is 1.08. The van der Waals surface area contributed by atoms with E-state index in [2.05, 4.69) is 234 Å². The zero-order valence-corrected chi connectivity index (χ0v) is 37.8. The molecule has 4 aromatic heterocycles. The van der Waals surface area contributed by atoms with Crippen molar-refractivity contribution in [2.75, 3.05) is 0 Å². The molecule has 0 atom stereocenters. The van der Waals surface area contributed by atoms with Crippen LogP contribution in [0.15, 0.2) is 224 Å². The first-order valence-electron chi connectivity index (χ1n) is 23.3. The van der Waals surface area contributed by atoms with Crippen molar-refractivity contribution in [2.45, 2.75) is 0 Å². The molecule has 15 rings (SSSR count). The molecule has 5 nitrogen and oxygen atoms in total. The van der Waals surface area contributed by atoms with Crippen molar-refractivity contribution < 1.29 is 0 Å². The highest BCUT2D eigenvalue weighted by Crippen LogP contribution is 2.46. The molecule has 15 aromatic rings. The first-order chi connectivity index (χ1) is 34.2. The Kier molecular flexibility index (Phi) is 8.17. The molecule has 0 saturated carbocycles. The Bertz CT molecular complexity index is 4620. The zero-order chi connectivity index (χ0) is 45.2. The van der Waals surface area contributed by atoms with Crippen molar-refractivity contribution in [1.29, 1.82) is 0 Å². The minimum Gasteiger partial charge on any atom is -0.309 e. The van der Waals surface area contributed by atoms with Crippen LogP contribution in [-0.4, -0.2) is 24.1 Å². The number of hydrogen-bond acceptors (Lipinski definition) is 4. The summed E-state index contributed by atoms with van der Waals surface area (Å²) in [5.41, 5.74) is 9.51. The van der Waals surface area contributed by atoms with E-state index in [0.717, 1.165) is 71.7 Å². The van der Waals surface area contributed by atoms with Crippen LogP contribution in [0.1, 0.15) is 0 Å². The maximum Gasteiger partial charge on any atom is 0.164 e.